The van der Waals surface area contributed by atoms with E-state index in [9.17, 15) is 8.78 Å². The maximum atomic E-state index is 14.2. The smallest absolute Gasteiger partial charge is 1.00 e. The summed E-state index contributed by atoms with van der Waals surface area (Å²) in [6, 6.07) is 64.3. The van der Waals surface area contributed by atoms with Crippen molar-refractivity contribution in [2.75, 3.05) is 9.80 Å². The number of hydrogen-bond acceptors (Lipinski definition) is 8. The quantitative estimate of drug-likeness (QED) is 0.0554. The molecule has 9 aromatic carbocycles. The van der Waals surface area contributed by atoms with Crippen molar-refractivity contribution in [3.05, 3.63) is 254 Å². The molecular formula is C73H74Br2F2K2N2O6. The van der Waals surface area contributed by atoms with Crippen LogP contribution in [0.3, 0.4) is 0 Å². The second kappa shape index (κ2) is 29.6. The third-order valence-corrected chi connectivity index (χ3v) is 17.0. The minimum atomic E-state index is -0.616. The molecule has 8 nitrogen and oxygen atoms in total. The Kier molecular flexibility index (Phi) is 24.4. The van der Waals surface area contributed by atoms with Crippen molar-refractivity contribution in [2.24, 2.45) is 0 Å². The monoisotopic (exact) mass is 1350 g/mol. The average molecular weight is 1350 g/mol. The molecule has 0 radical (unpaired) electrons. The summed E-state index contributed by atoms with van der Waals surface area (Å²) in [6.45, 7) is 28.5. The number of anilines is 6. The number of phenols is 1. The first-order valence-electron chi connectivity index (χ1n) is 28.1. The Morgan fingerprint density at radius 2 is 0.724 bits per heavy atom. The summed E-state index contributed by atoms with van der Waals surface area (Å²) in [5.41, 5.74) is 14.1. The van der Waals surface area contributed by atoms with E-state index < -0.39 is 11.6 Å². The first kappa shape index (κ1) is 71.6. The van der Waals surface area contributed by atoms with Gasteiger partial charge in [-0.1, -0.05) is 199 Å². The number of aromatic hydroxyl groups is 1. The van der Waals surface area contributed by atoms with Crippen LogP contribution in [-0.4, -0.2) is 11.6 Å². The molecule has 0 fully saturated rings. The van der Waals surface area contributed by atoms with E-state index in [2.05, 4.69) is 229 Å². The van der Waals surface area contributed by atoms with Crippen LogP contribution in [0.15, 0.2) is 203 Å². The van der Waals surface area contributed by atoms with Gasteiger partial charge in [-0.25, -0.2) is 8.78 Å². The Morgan fingerprint density at radius 3 is 1.00 bits per heavy atom. The van der Waals surface area contributed by atoms with Gasteiger partial charge in [-0.05, 0) is 160 Å². The zero-order valence-electron chi connectivity index (χ0n) is 53.4. The molecule has 9 aromatic rings. The topological polar surface area (TPSA) is 94.5 Å². The van der Waals surface area contributed by atoms with Crippen LogP contribution in [0.1, 0.15) is 130 Å². The van der Waals surface area contributed by atoms with E-state index in [1.165, 1.54) is 39.9 Å². The van der Waals surface area contributed by atoms with E-state index in [1.54, 1.807) is 12.1 Å². The molecule has 442 valence electrons. The van der Waals surface area contributed by atoms with Crippen LogP contribution in [0.4, 0.5) is 42.9 Å². The minimum Gasteiger partial charge on any atom is -1.00 e. The number of hydrogen-bond donors (Lipinski definition) is 1. The summed E-state index contributed by atoms with van der Waals surface area (Å²) in [4.78, 5) is 15.5. The number of halogens is 4. The molecule has 1 N–H and O–H groups in total. The summed E-state index contributed by atoms with van der Waals surface area (Å²) in [7, 11) is 0. The fourth-order valence-electron chi connectivity index (χ4n) is 10.7. The molecule has 0 unspecified atom stereocenters. The molecule has 0 saturated heterocycles. The normalized spacial score (nSPS) is 13.2. The van der Waals surface area contributed by atoms with Gasteiger partial charge in [0, 0.05) is 23.0 Å². The molecule has 0 saturated carbocycles. The predicted octanol–water partition coefficient (Wildman–Crippen LogP) is 14.8. The van der Waals surface area contributed by atoms with Gasteiger partial charge in [0.15, 0.2) is 0 Å². The standard InChI is InChI=1S/C41H42BrNO2.C21H16BrF2N.C10H14O.CH2O3.2K.H/c1-39(2,3)27-17-21-30(22-18-27)44-36-25-29(26-37(38(36)42)45-31-23-19-28(20-24-31)40(4,5)6)43-34-15-11-9-13-32(34)41(7,8)33-14-10-12-16-35(33)43;1-21(2)14-7-3-5-9-18(14)25(19-10-6-4-8-15(19)21)13-11-16(23)20(22)17(24)12-13;1-10(2,3)8-4-6-9(11)7-5-8;2-1-4-3;;;/h9-26H,1-8H3;3-12H,1-2H3;4-7,11H,1-3H3;1,3H;;;/q;;;;2*+1;-1/p-1. The molecule has 2 aliphatic rings. The van der Waals surface area contributed by atoms with Gasteiger partial charge in [0.05, 0.1) is 38.6 Å². The number of para-hydroxylation sites is 4. The molecule has 0 atom stereocenters. The minimum absolute atomic E-state index is 0. The average Bonchev–Trinajstić information content (AvgIpc) is 0.798. The fourth-order valence-corrected chi connectivity index (χ4v) is 11.3. The Bertz CT molecular complexity index is 3630. The van der Waals surface area contributed by atoms with Gasteiger partial charge in [-0.2, -0.15) is 0 Å². The van der Waals surface area contributed by atoms with Crippen molar-refractivity contribution in [1.82, 2.24) is 0 Å². The van der Waals surface area contributed by atoms with E-state index in [0.717, 1.165) is 55.5 Å². The number of phenolic OH excluding ortho intramolecular Hbond substituents is 1. The van der Waals surface area contributed by atoms with Crippen molar-refractivity contribution >= 4 is 72.5 Å². The van der Waals surface area contributed by atoms with Gasteiger partial charge in [0.2, 0.25) is 0 Å². The van der Waals surface area contributed by atoms with Crippen molar-refractivity contribution in [3.8, 4) is 28.7 Å². The van der Waals surface area contributed by atoms with Crippen LogP contribution in [0, 0.1) is 11.6 Å². The third-order valence-electron chi connectivity index (χ3n) is 15.4. The Labute approximate surface area is 616 Å². The molecule has 0 aliphatic carbocycles. The van der Waals surface area contributed by atoms with Gasteiger partial charge in [0.1, 0.15) is 44.9 Å². The van der Waals surface area contributed by atoms with Crippen LogP contribution in [0.25, 0.3) is 0 Å². The van der Waals surface area contributed by atoms with Crippen molar-refractivity contribution in [3.63, 3.8) is 0 Å². The molecule has 14 heteroatoms. The molecule has 2 aliphatic heterocycles. The van der Waals surface area contributed by atoms with Crippen molar-refractivity contribution < 1.29 is 142 Å². The zero-order valence-corrected chi connectivity index (χ0v) is 61.9. The van der Waals surface area contributed by atoms with E-state index in [-0.39, 0.29) is 142 Å². The second-order valence-electron chi connectivity index (χ2n) is 25.2. The Morgan fingerprint density at radius 1 is 0.460 bits per heavy atom. The van der Waals surface area contributed by atoms with E-state index in [4.69, 9.17) is 24.6 Å². The molecule has 2 heterocycles. The second-order valence-corrected chi connectivity index (χ2v) is 26.8. The number of carbonyl (C=O) groups excluding carboxylic acids is 1. The molecule has 11 rings (SSSR count). The van der Waals surface area contributed by atoms with Gasteiger partial charge in [-0.3, -0.25) is 4.79 Å². The van der Waals surface area contributed by atoms with Crippen LogP contribution in [0.5, 0.6) is 28.7 Å². The Balaban J connectivity index is 0.000000274. The van der Waals surface area contributed by atoms with Gasteiger partial charge in [0.25, 0.3) is 6.47 Å². The summed E-state index contributed by atoms with van der Waals surface area (Å²) >= 11 is 6.81. The third kappa shape index (κ3) is 16.5. The van der Waals surface area contributed by atoms with Crippen LogP contribution in [0.2, 0.25) is 0 Å². The SMILES string of the molecule is CC(C)(C)c1ccc(O)cc1.CC(C)(C)c1ccc(Oc2cc(N3c4ccccc4C(C)(C)c4ccccc43)cc(Oc3ccc(C(C)(C)C)cc3)c2Br)cc1.CC1(C)c2ccccc2N(c2cc(F)c(Br)c(F)c2)c2ccccc21.O=CO[O-].[H-].[K+].[K+]. The number of ether oxygens (including phenoxy) is 2. The molecule has 0 amide bonds. The number of rotatable bonds is 7. The number of fused-ring (bicyclic) bond motifs is 4. The summed E-state index contributed by atoms with van der Waals surface area (Å²) in [5, 5.41) is 17.5. The van der Waals surface area contributed by atoms with Crippen molar-refractivity contribution in [2.45, 2.75) is 117 Å². The van der Waals surface area contributed by atoms with Gasteiger partial charge >= 0.3 is 103 Å². The van der Waals surface area contributed by atoms with E-state index in [1.807, 2.05) is 77.7 Å². The first-order valence-corrected chi connectivity index (χ1v) is 29.7. The largest absolute Gasteiger partial charge is 1.00 e. The number of carbonyl (C=O) groups is 1. The molecule has 0 bridgehead atoms. The zero-order chi connectivity index (χ0) is 61.8. The maximum Gasteiger partial charge on any atom is 1.00 e. The van der Waals surface area contributed by atoms with Crippen LogP contribution in [-0.2, 0) is 36.8 Å². The predicted molar refractivity (Wildman–Crippen MR) is 347 cm³/mol. The molecule has 0 aromatic heterocycles. The fraction of sp³-hybridized carbons (Fsp3) is 0.247. The Hall–Kier alpha value is -4.50. The van der Waals surface area contributed by atoms with E-state index >= 15 is 0 Å². The van der Waals surface area contributed by atoms with Crippen LogP contribution >= 0.6 is 31.9 Å². The van der Waals surface area contributed by atoms with Crippen LogP contribution < -0.4 is 127 Å². The molecule has 87 heavy (non-hydrogen) atoms. The van der Waals surface area contributed by atoms with E-state index in [0.29, 0.717) is 22.9 Å². The number of benzene rings is 9. The van der Waals surface area contributed by atoms with Crippen molar-refractivity contribution in [1.29, 1.82) is 0 Å². The van der Waals surface area contributed by atoms with Gasteiger partial charge in [-0.15, -0.1) is 0 Å². The number of nitrogens with zero attached hydrogens (tertiary/aromatic N) is 2. The maximum absolute atomic E-state index is 14.2. The first-order chi connectivity index (χ1) is 40.1. The van der Waals surface area contributed by atoms with Gasteiger partial charge < -0.3 is 36.0 Å². The molecule has 0 spiro atoms. The summed E-state index contributed by atoms with van der Waals surface area (Å²) < 4.78 is 42.2. The summed E-state index contributed by atoms with van der Waals surface area (Å²) in [6.07, 6.45) is 0. The molecular weight excluding hydrogens is 1280 g/mol. The summed E-state index contributed by atoms with van der Waals surface area (Å²) in [5.74, 6) is 1.99.